The van der Waals surface area contributed by atoms with E-state index in [9.17, 15) is 9.59 Å². The van der Waals surface area contributed by atoms with Crippen LogP contribution in [0.2, 0.25) is 0 Å². The summed E-state index contributed by atoms with van der Waals surface area (Å²) in [7, 11) is 1.32. The van der Waals surface area contributed by atoms with Gasteiger partial charge in [-0.15, -0.1) is 0 Å². The molecule has 1 amide bonds. The Hall–Kier alpha value is -1.80. The Morgan fingerprint density at radius 3 is 2.13 bits per heavy atom. The summed E-state index contributed by atoms with van der Waals surface area (Å²) in [5, 5.41) is 9.05. The zero-order valence-electron chi connectivity index (χ0n) is 17.9. The number of rotatable bonds is 9. The van der Waals surface area contributed by atoms with Crippen LogP contribution in [0.5, 0.6) is 11.5 Å². The third-order valence-corrected chi connectivity index (χ3v) is 4.54. The Morgan fingerprint density at radius 2 is 1.60 bits per heavy atom. The summed E-state index contributed by atoms with van der Waals surface area (Å²) in [5.74, 6) is 0.525. The Kier molecular flexibility index (Phi) is 12.7. The fourth-order valence-electron chi connectivity index (χ4n) is 2.67. The molecule has 0 aromatic heterocycles. The van der Waals surface area contributed by atoms with Gasteiger partial charge in [0.2, 0.25) is 0 Å². The van der Waals surface area contributed by atoms with Gasteiger partial charge in [0.05, 0.1) is 19.1 Å². The first kappa shape index (κ1) is 28.2. The molecule has 2 N–H and O–H groups in total. The maximum absolute atomic E-state index is 12.1. The summed E-state index contributed by atoms with van der Waals surface area (Å²) in [6.45, 7) is 4.07. The summed E-state index contributed by atoms with van der Waals surface area (Å²) in [5.41, 5.74) is 1.60. The van der Waals surface area contributed by atoms with E-state index in [0.29, 0.717) is 18.8 Å². The second-order valence-electron chi connectivity index (χ2n) is 6.81. The van der Waals surface area contributed by atoms with Gasteiger partial charge >= 0.3 is 5.97 Å². The van der Waals surface area contributed by atoms with Crippen LogP contribution in [0.15, 0.2) is 54.6 Å². The first-order valence-corrected chi connectivity index (χ1v) is 8.95. The SMILES string of the molecule is COC(=O)CCN(Cc1ccc(Oc2ccccc2)cc1)C(C)(C)C(=O)NO.[CH3-].[Y]. The van der Waals surface area contributed by atoms with Crippen molar-refractivity contribution in [3.63, 3.8) is 0 Å². The summed E-state index contributed by atoms with van der Waals surface area (Å²) >= 11 is 0. The van der Waals surface area contributed by atoms with Gasteiger partial charge in [-0.25, -0.2) is 5.48 Å². The molecule has 2 rings (SSSR count). The Morgan fingerprint density at radius 1 is 1.03 bits per heavy atom. The van der Waals surface area contributed by atoms with Crippen LogP contribution in [0.1, 0.15) is 25.8 Å². The van der Waals surface area contributed by atoms with E-state index in [1.807, 2.05) is 59.5 Å². The van der Waals surface area contributed by atoms with Crippen LogP contribution in [-0.4, -0.2) is 41.2 Å². The van der Waals surface area contributed by atoms with Crippen molar-refractivity contribution >= 4 is 11.9 Å². The molecule has 0 heterocycles. The van der Waals surface area contributed by atoms with E-state index in [4.69, 9.17) is 14.7 Å². The largest absolute Gasteiger partial charge is 0.469 e. The summed E-state index contributed by atoms with van der Waals surface area (Å²) < 4.78 is 10.5. The normalized spacial score (nSPS) is 10.4. The van der Waals surface area contributed by atoms with E-state index >= 15 is 0 Å². The molecule has 0 saturated carbocycles. The fourth-order valence-corrected chi connectivity index (χ4v) is 2.67. The molecule has 2 aromatic rings. The van der Waals surface area contributed by atoms with Gasteiger partial charge in [-0.2, -0.15) is 0 Å². The number of ether oxygens (including phenoxy) is 2. The topological polar surface area (TPSA) is 88.1 Å². The fraction of sp³-hybridized carbons (Fsp3) is 0.318. The number of hydrogen-bond acceptors (Lipinski definition) is 6. The monoisotopic (exact) mass is 490 g/mol. The zero-order valence-corrected chi connectivity index (χ0v) is 20.8. The van der Waals surface area contributed by atoms with Crippen LogP contribution < -0.4 is 10.2 Å². The van der Waals surface area contributed by atoms with Crippen molar-refractivity contribution in [1.82, 2.24) is 10.4 Å². The van der Waals surface area contributed by atoms with Crippen molar-refractivity contribution in [3.8, 4) is 11.5 Å². The molecule has 30 heavy (non-hydrogen) atoms. The smallest absolute Gasteiger partial charge is 0.306 e. The van der Waals surface area contributed by atoms with Gasteiger partial charge in [0.25, 0.3) is 5.91 Å². The molecule has 0 aliphatic heterocycles. The molecule has 7 nitrogen and oxygen atoms in total. The Balaban J connectivity index is 0.00000420. The van der Waals surface area contributed by atoms with Gasteiger partial charge in [-0.1, -0.05) is 30.3 Å². The first-order valence-electron chi connectivity index (χ1n) is 8.95. The molecule has 8 heteroatoms. The third-order valence-electron chi connectivity index (χ3n) is 4.54. The average Bonchev–Trinajstić information content (AvgIpc) is 2.71. The minimum Gasteiger partial charge on any atom is -0.469 e. The van der Waals surface area contributed by atoms with Crippen molar-refractivity contribution < 1.29 is 57.0 Å². The molecule has 0 unspecified atom stereocenters. The molecule has 0 fully saturated rings. The molecule has 0 aliphatic rings. The average molecular weight is 490 g/mol. The van der Waals surface area contributed by atoms with Crippen LogP contribution in [0.25, 0.3) is 0 Å². The minimum absolute atomic E-state index is 0. The molecule has 0 bridgehead atoms. The number of benzene rings is 2. The number of hydrogen-bond donors (Lipinski definition) is 2. The molecular formula is C22H29N2O5Y-. The predicted octanol–water partition coefficient (Wildman–Crippen LogP) is 3.58. The number of para-hydroxylation sites is 1. The molecule has 0 aliphatic carbocycles. The number of amides is 1. The van der Waals surface area contributed by atoms with Crippen molar-refractivity contribution in [2.24, 2.45) is 0 Å². The predicted molar refractivity (Wildman–Crippen MR) is 110 cm³/mol. The number of hydroxylamine groups is 1. The third kappa shape index (κ3) is 8.15. The molecule has 0 saturated heterocycles. The maximum Gasteiger partial charge on any atom is 0.306 e. The molecule has 1 radical (unpaired) electrons. The molecule has 2 aromatic carbocycles. The van der Waals surface area contributed by atoms with Gasteiger partial charge in [0, 0.05) is 45.8 Å². The maximum atomic E-state index is 12.1. The van der Waals surface area contributed by atoms with Crippen molar-refractivity contribution in [2.45, 2.75) is 32.4 Å². The second-order valence-corrected chi connectivity index (χ2v) is 6.81. The number of esters is 1. The van der Waals surface area contributed by atoms with Gasteiger partial charge < -0.3 is 16.9 Å². The van der Waals surface area contributed by atoms with E-state index in [1.165, 1.54) is 7.11 Å². The summed E-state index contributed by atoms with van der Waals surface area (Å²) in [4.78, 5) is 25.4. The number of nitrogens with zero attached hydrogens (tertiary/aromatic N) is 1. The number of methoxy groups -OCH3 is 1. The van der Waals surface area contributed by atoms with Crippen molar-refractivity contribution in [3.05, 3.63) is 67.6 Å². The van der Waals surface area contributed by atoms with Crippen LogP contribution >= 0.6 is 0 Å². The number of nitrogens with one attached hydrogen (secondary N) is 1. The summed E-state index contributed by atoms with van der Waals surface area (Å²) in [6, 6.07) is 17.0. The quantitative estimate of drug-likeness (QED) is 0.242. The Bertz CT molecular complexity index is 782. The molecule has 0 atom stereocenters. The zero-order chi connectivity index (χ0) is 20.6. The van der Waals surface area contributed by atoms with E-state index in [1.54, 1.807) is 19.3 Å². The minimum atomic E-state index is -1.03. The van der Waals surface area contributed by atoms with E-state index in [0.717, 1.165) is 11.3 Å². The van der Waals surface area contributed by atoms with Gasteiger partial charge in [-0.3, -0.25) is 19.7 Å². The van der Waals surface area contributed by atoms with Gasteiger partial charge in [0.1, 0.15) is 11.5 Å². The van der Waals surface area contributed by atoms with Crippen LogP contribution in [0.3, 0.4) is 0 Å². The van der Waals surface area contributed by atoms with Gasteiger partial charge in [-0.05, 0) is 43.7 Å². The molecular weight excluding hydrogens is 461 g/mol. The van der Waals surface area contributed by atoms with Crippen LogP contribution in [0, 0.1) is 7.43 Å². The van der Waals surface area contributed by atoms with Crippen molar-refractivity contribution in [2.75, 3.05) is 13.7 Å². The van der Waals surface area contributed by atoms with E-state index in [2.05, 4.69) is 0 Å². The van der Waals surface area contributed by atoms with Crippen LogP contribution in [-0.2, 0) is 53.6 Å². The standard InChI is InChI=1S/C21H26N2O5.CH3.Y/c1-21(2,20(25)22-26)23(14-13-19(24)27-3)15-16-9-11-18(12-10-16)28-17-7-5-4-6-8-17;;/h4-12,26H,13-15H2,1-3H3,(H,22,25);1H3;/q;-1;. The molecule has 0 spiro atoms. The van der Waals surface area contributed by atoms with E-state index in [-0.39, 0.29) is 52.5 Å². The summed E-state index contributed by atoms with van der Waals surface area (Å²) in [6.07, 6.45) is 0.133. The Labute approximate surface area is 203 Å². The first-order chi connectivity index (χ1) is 13.4. The van der Waals surface area contributed by atoms with Crippen LogP contribution in [0.4, 0.5) is 0 Å². The second kappa shape index (κ2) is 13.5. The van der Waals surface area contributed by atoms with Gasteiger partial charge in [0.15, 0.2) is 0 Å². The van der Waals surface area contributed by atoms with Crippen molar-refractivity contribution in [1.29, 1.82) is 0 Å². The number of carbonyl (C=O) groups excluding carboxylic acids is 2. The molecule has 161 valence electrons. The number of carbonyl (C=O) groups is 2. The van der Waals surface area contributed by atoms with E-state index < -0.39 is 11.4 Å².